The quantitative estimate of drug-likeness (QED) is 0.703. The zero-order valence-electron chi connectivity index (χ0n) is 15.2. The molecule has 3 aromatic rings. The second-order valence-corrected chi connectivity index (χ2v) is 6.48. The Labute approximate surface area is 157 Å². The van der Waals surface area contributed by atoms with Gasteiger partial charge in [0.25, 0.3) is 0 Å². The van der Waals surface area contributed by atoms with Crippen molar-refractivity contribution in [2.45, 2.75) is 25.4 Å². The number of rotatable bonds is 6. The fourth-order valence-corrected chi connectivity index (χ4v) is 3.22. The Morgan fingerprint density at radius 2 is 1.96 bits per heavy atom. The number of hydrogen-bond acceptors (Lipinski definition) is 8. The molecule has 0 atom stereocenters. The Bertz CT molecular complexity index is 843. The summed E-state index contributed by atoms with van der Waals surface area (Å²) in [5.41, 5.74) is 1.12. The topological polar surface area (TPSA) is 93.9 Å². The van der Waals surface area contributed by atoms with E-state index in [-0.39, 0.29) is 0 Å². The van der Waals surface area contributed by atoms with Gasteiger partial charge in [0, 0.05) is 25.3 Å². The Morgan fingerprint density at radius 1 is 1.15 bits per heavy atom. The Balaban J connectivity index is 1.35. The molecule has 140 valence electrons. The summed E-state index contributed by atoms with van der Waals surface area (Å²) >= 11 is 0. The fourth-order valence-electron chi connectivity index (χ4n) is 3.22. The van der Waals surface area contributed by atoms with Crippen LogP contribution in [0.15, 0.2) is 42.9 Å². The maximum absolute atomic E-state index is 5.20. The third kappa shape index (κ3) is 4.13. The highest BCUT2D eigenvalue weighted by Crippen LogP contribution is 2.19. The normalized spacial score (nSPS) is 14.9. The maximum atomic E-state index is 5.20. The summed E-state index contributed by atoms with van der Waals surface area (Å²) in [6.45, 7) is 2.49. The molecule has 0 spiro atoms. The first kappa shape index (κ1) is 17.2. The highest BCUT2D eigenvalue weighted by molar-refractivity contribution is 5.38. The SMILES string of the molecule is COc1ccc(Cn2nnnc2NC2CCN(c3ccncn3)CC2)cc1. The molecule has 1 fully saturated rings. The Morgan fingerprint density at radius 3 is 2.67 bits per heavy atom. The van der Waals surface area contributed by atoms with Gasteiger partial charge in [0.05, 0.1) is 13.7 Å². The van der Waals surface area contributed by atoms with Gasteiger partial charge in [-0.1, -0.05) is 17.2 Å². The van der Waals surface area contributed by atoms with Gasteiger partial charge >= 0.3 is 0 Å². The summed E-state index contributed by atoms with van der Waals surface area (Å²) < 4.78 is 6.99. The first-order valence-corrected chi connectivity index (χ1v) is 8.98. The van der Waals surface area contributed by atoms with Gasteiger partial charge in [-0.05, 0) is 47.0 Å². The van der Waals surface area contributed by atoms with E-state index in [0.29, 0.717) is 18.5 Å². The van der Waals surface area contributed by atoms with E-state index >= 15 is 0 Å². The van der Waals surface area contributed by atoms with Gasteiger partial charge in [-0.2, -0.15) is 0 Å². The van der Waals surface area contributed by atoms with Crippen molar-refractivity contribution < 1.29 is 4.74 Å². The van der Waals surface area contributed by atoms with Gasteiger partial charge in [-0.3, -0.25) is 0 Å². The van der Waals surface area contributed by atoms with Gasteiger partial charge in [0.2, 0.25) is 5.95 Å². The average molecular weight is 366 g/mol. The van der Waals surface area contributed by atoms with Crippen LogP contribution in [0.1, 0.15) is 18.4 Å². The lowest BCUT2D eigenvalue weighted by Gasteiger charge is -2.33. The molecular formula is C18H22N8O. The van der Waals surface area contributed by atoms with Crippen LogP contribution in [0.3, 0.4) is 0 Å². The number of benzene rings is 1. The summed E-state index contributed by atoms with van der Waals surface area (Å²) in [5, 5.41) is 15.6. The van der Waals surface area contributed by atoms with Crippen LogP contribution in [0.25, 0.3) is 0 Å². The number of tetrazole rings is 1. The highest BCUT2D eigenvalue weighted by atomic mass is 16.5. The minimum atomic E-state index is 0.337. The Hall–Kier alpha value is -3.23. The molecule has 1 aliphatic heterocycles. The number of nitrogens with zero attached hydrogens (tertiary/aromatic N) is 7. The highest BCUT2D eigenvalue weighted by Gasteiger charge is 2.21. The summed E-state index contributed by atoms with van der Waals surface area (Å²) in [4.78, 5) is 10.6. The third-order valence-corrected chi connectivity index (χ3v) is 4.74. The molecule has 1 saturated heterocycles. The van der Waals surface area contributed by atoms with E-state index in [9.17, 15) is 0 Å². The molecule has 4 rings (SSSR count). The summed E-state index contributed by atoms with van der Waals surface area (Å²) in [7, 11) is 1.66. The predicted octanol–water partition coefficient (Wildman–Crippen LogP) is 1.60. The van der Waals surface area contributed by atoms with Crippen LogP contribution in [0.4, 0.5) is 11.8 Å². The van der Waals surface area contributed by atoms with Crippen molar-refractivity contribution in [3.8, 4) is 5.75 Å². The molecule has 0 amide bonds. The van der Waals surface area contributed by atoms with E-state index in [1.54, 1.807) is 24.3 Å². The predicted molar refractivity (Wildman–Crippen MR) is 101 cm³/mol. The van der Waals surface area contributed by atoms with Crippen LogP contribution in [0, 0.1) is 0 Å². The van der Waals surface area contributed by atoms with E-state index in [0.717, 1.165) is 43.1 Å². The first-order chi connectivity index (χ1) is 13.3. The van der Waals surface area contributed by atoms with Gasteiger partial charge in [0.1, 0.15) is 17.9 Å². The number of methoxy groups -OCH3 is 1. The van der Waals surface area contributed by atoms with Crippen molar-refractivity contribution in [2.75, 3.05) is 30.4 Å². The molecule has 0 aliphatic carbocycles. The van der Waals surface area contributed by atoms with Crippen LogP contribution in [0.2, 0.25) is 0 Å². The second kappa shape index (κ2) is 7.98. The second-order valence-electron chi connectivity index (χ2n) is 6.48. The van der Waals surface area contributed by atoms with Crippen molar-refractivity contribution in [1.29, 1.82) is 0 Å². The smallest absolute Gasteiger partial charge is 0.243 e. The third-order valence-electron chi connectivity index (χ3n) is 4.74. The molecule has 3 heterocycles. The monoisotopic (exact) mass is 366 g/mol. The van der Waals surface area contributed by atoms with Gasteiger partial charge < -0.3 is 15.0 Å². The largest absolute Gasteiger partial charge is 0.497 e. The van der Waals surface area contributed by atoms with Crippen molar-refractivity contribution >= 4 is 11.8 Å². The molecular weight excluding hydrogens is 344 g/mol. The minimum Gasteiger partial charge on any atom is -0.497 e. The van der Waals surface area contributed by atoms with Crippen LogP contribution in [-0.2, 0) is 6.54 Å². The molecule has 1 aliphatic rings. The van der Waals surface area contributed by atoms with Gasteiger partial charge in [0.15, 0.2) is 0 Å². The standard InChI is InChI=1S/C18H22N8O/c1-27-16-4-2-14(3-5-16)12-26-18(22-23-24-26)21-15-7-10-25(11-8-15)17-6-9-19-13-20-17/h2-6,9,13,15H,7-8,10-12H2,1H3,(H,21,22,24). The van der Waals surface area contributed by atoms with E-state index < -0.39 is 0 Å². The van der Waals surface area contributed by atoms with E-state index in [1.807, 2.05) is 30.3 Å². The lowest BCUT2D eigenvalue weighted by molar-refractivity contribution is 0.414. The number of nitrogens with one attached hydrogen (secondary N) is 1. The van der Waals surface area contributed by atoms with E-state index in [4.69, 9.17) is 4.74 Å². The average Bonchev–Trinajstić information content (AvgIpc) is 3.16. The van der Waals surface area contributed by atoms with Crippen molar-refractivity contribution in [1.82, 2.24) is 30.2 Å². The van der Waals surface area contributed by atoms with Crippen molar-refractivity contribution in [2.24, 2.45) is 0 Å². The van der Waals surface area contributed by atoms with Crippen LogP contribution >= 0.6 is 0 Å². The molecule has 0 saturated carbocycles. The molecule has 9 nitrogen and oxygen atoms in total. The van der Waals surface area contributed by atoms with Crippen molar-refractivity contribution in [3.05, 3.63) is 48.4 Å². The number of piperidine rings is 1. The Kier molecular flexibility index (Phi) is 5.08. The number of ether oxygens (including phenoxy) is 1. The van der Waals surface area contributed by atoms with Crippen LogP contribution < -0.4 is 15.0 Å². The molecule has 9 heteroatoms. The molecule has 1 aromatic carbocycles. The zero-order valence-corrected chi connectivity index (χ0v) is 15.2. The number of anilines is 2. The lowest BCUT2D eigenvalue weighted by atomic mass is 10.1. The van der Waals surface area contributed by atoms with Crippen molar-refractivity contribution in [3.63, 3.8) is 0 Å². The zero-order chi connectivity index (χ0) is 18.5. The summed E-state index contributed by atoms with van der Waals surface area (Å²) in [6, 6.07) is 10.2. The summed E-state index contributed by atoms with van der Waals surface area (Å²) in [5.74, 6) is 2.52. The number of hydrogen-bond donors (Lipinski definition) is 1. The lowest BCUT2D eigenvalue weighted by Crippen LogP contribution is -2.40. The fraction of sp³-hybridized carbons (Fsp3) is 0.389. The van der Waals surface area contributed by atoms with E-state index in [1.165, 1.54) is 0 Å². The van der Waals surface area contributed by atoms with Gasteiger partial charge in [-0.15, -0.1) is 0 Å². The minimum absolute atomic E-state index is 0.337. The molecule has 0 unspecified atom stereocenters. The first-order valence-electron chi connectivity index (χ1n) is 8.98. The molecule has 1 N–H and O–H groups in total. The molecule has 2 aromatic heterocycles. The molecule has 0 bridgehead atoms. The van der Waals surface area contributed by atoms with Crippen LogP contribution in [-0.4, -0.2) is 56.4 Å². The maximum Gasteiger partial charge on any atom is 0.243 e. The van der Waals surface area contributed by atoms with Gasteiger partial charge in [-0.25, -0.2) is 14.6 Å². The van der Waals surface area contributed by atoms with Crippen LogP contribution in [0.5, 0.6) is 5.75 Å². The summed E-state index contributed by atoms with van der Waals surface area (Å²) in [6.07, 6.45) is 5.37. The molecule has 27 heavy (non-hydrogen) atoms. The molecule has 0 radical (unpaired) electrons. The number of aromatic nitrogens is 6. The van der Waals surface area contributed by atoms with E-state index in [2.05, 4.69) is 35.7 Å².